The van der Waals surface area contributed by atoms with E-state index in [9.17, 15) is 4.79 Å². The summed E-state index contributed by atoms with van der Waals surface area (Å²) in [7, 11) is 0. The topological polar surface area (TPSA) is 49.6 Å². The molecule has 1 N–H and O–H groups in total. The molecule has 0 atom stereocenters. The quantitative estimate of drug-likeness (QED) is 0.411. The van der Waals surface area contributed by atoms with E-state index in [1.807, 2.05) is 6.92 Å². The molecule has 0 saturated heterocycles. The molecule has 0 spiro atoms. The smallest absolute Gasteiger partial charge is 0.271 e. The summed E-state index contributed by atoms with van der Waals surface area (Å²) < 4.78 is 2.19. The molecule has 5 nitrogen and oxygen atoms in total. The van der Waals surface area contributed by atoms with E-state index < -0.39 is 0 Å². The zero-order valence-corrected chi connectivity index (χ0v) is 18.6. The summed E-state index contributed by atoms with van der Waals surface area (Å²) in [5.74, 6) is -0.274. The molecule has 0 radical (unpaired) electrons. The van der Waals surface area contributed by atoms with Crippen molar-refractivity contribution in [2.24, 2.45) is 5.10 Å². The van der Waals surface area contributed by atoms with Crippen LogP contribution in [0.4, 0.5) is 5.69 Å². The highest BCUT2D eigenvalue weighted by molar-refractivity contribution is 6.30. The van der Waals surface area contributed by atoms with E-state index in [1.54, 1.807) is 30.5 Å². The summed E-state index contributed by atoms with van der Waals surface area (Å²) in [5.41, 5.74) is 8.52. The minimum Gasteiger partial charge on any atom is -0.372 e. The predicted octanol–water partition coefficient (Wildman–Crippen LogP) is 5.36. The Hall–Kier alpha value is -3.05. The lowest BCUT2D eigenvalue weighted by Crippen LogP contribution is -2.21. The summed E-state index contributed by atoms with van der Waals surface area (Å²) in [5, 5.41) is 4.72. The van der Waals surface area contributed by atoms with Crippen LogP contribution < -0.4 is 10.3 Å². The lowest BCUT2D eigenvalue weighted by atomic mass is 10.2. The van der Waals surface area contributed by atoms with Gasteiger partial charge in [0.15, 0.2) is 0 Å². The molecule has 156 valence electrons. The van der Waals surface area contributed by atoms with Gasteiger partial charge in [0.2, 0.25) is 0 Å². The first-order chi connectivity index (χ1) is 14.4. The van der Waals surface area contributed by atoms with Crippen LogP contribution in [0.25, 0.3) is 5.69 Å². The Morgan fingerprint density at radius 3 is 2.30 bits per heavy atom. The minimum absolute atomic E-state index is 0.274. The summed E-state index contributed by atoms with van der Waals surface area (Å²) >= 11 is 5.86. The number of amides is 1. The van der Waals surface area contributed by atoms with Crippen molar-refractivity contribution in [1.29, 1.82) is 0 Å². The van der Waals surface area contributed by atoms with E-state index in [1.165, 1.54) is 5.69 Å². The van der Waals surface area contributed by atoms with Gasteiger partial charge in [-0.15, -0.1) is 0 Å². The second-order valence-electron chi connectivity index (χ2n) is 7.06. The van der Waals surface area contributed by atoms with Gasteiger partial charge in [0.05, 0.1) is 6.21 Å². The second-order valence-corrected chi connectivity index (χ2v) is 7.49. The van der Waals surface area contributed by atoms with Crippen LogP contribution in [0, 0.1) is 13.8 Å². The highest BCUT2D eigenvalue weighted by Crippen LogP contribution is 2.22. The first kappa shape index (κ1) is 21.7. The van der Waals surface area contributed by atoms with Gasteiger partial charge in [0.25, 0.3) is 5.91 Å². The fraction of sp³-hybridized carbons (Fsp3) is 0.250. The molecule has 30 heavy (non-hydrogen) atoms. The van der Waals surface area contributed by atoms with Gasteiger partial charge in [-0.2, -0.15) is 5.10 Å². The molecular weight excluding hydrogens is 396 g/mol. The largest absolute Gasteiger partial charge is 0.372 e. The number of halogens is 1. The maximum atomic E-state index is 12.2. The van der Waals surface area contributed by atoms with Crippen molar-refractivity contribution >= 4 is 29.4 Å². The Balaban J connectivity index is 1.76. The van der Waals surface area contributed by atoms with Crippen molar-refractivity contribution in [3.05, 3.63) is 82.1 Å². The number of anilines is 1. The normalized spacial score (nSPS) is 11.1. The molecule has 1 amide bonds. The third kappa shape index (κ3) is 4.74. The Kier molecular flexibility index (Phi) is 6.95. The lowest BCUT2D eigenvalue weighted by Gasteiger charge is -2.21. The van der Waals surface area contributed by atoms with Gasteiger partial charge < -0.3 is 9.47 Å². The van der Waals surface area contributed by atoms with E-state index in [0.717, 1.165) is 35.7 Å². The molecular formula is C24H27ClN4O. The molecule has 3 rings (SSSR count). The third-order valence-corrected chi connectivity index (χ3v) is 5.43. The molecule has 0 bridgehead atoms. The number of aromatic nitrogens is 1. The first-order valence-corrected chi connectivity index (χ1v) is 10.5. The van der Waals surface area contributed by atoms with Crippen molar-refractivity contribution in [2.75, 3.05) is 18.0 Å². The number of nitrogens with one attached hydrogen (secondary N) is 1. The molecule has 0 aliphatic carbocycles. The molecule has 0 saturated carbocycles. The number of nitrogens with zero attached hydrogens (tertiary/aromatic N) is 3. The van der Waals surface area contributed by atoms with Gasteiger partial charge in [-0.1, -0.05) is 11.6 Å². The highest BCUT2D eigenvalue weighted by Gasteiger charge is 2.11. The van der Waals surface area contributed by atoms with Crippen molar-refractivity contribution < 1.29 is 4.79 Å². The SMILES string of the molecule is CCN(CC)c1ccc(-n2c(C)cc(/C=N\NC(=O)c3ccc(Cl)cc3)c2C)cc1. The summed E-state index contributed by atoms with van der Waals surface area (Å²) in [6, 6.07) is 17.3. The Morgan fingerprint density at radius 2 is 1.70 bits per heavy atom. The molecule has 0 unspecified atom stereocenters. The monoisotopic (exact) mass is 422 g/mol. The fourth-order valence-electron chi connectivity index (χ4n) is 3.54. The van der Waals surface area contributed by atoms with Crippen LogP contribution in [0.3, 0.4) is 0 Å². The van der Waals surface area contributed by atoms with Gasteiger partial charge >= 0.3 is 0 Å². The number of hydrogen-bond donors (Lipinski definition) is 1. The number of benzene rings is 2. The van der Waals surface area contributed by atoms with Crippen molar-refractivity contribution in [2.45, 2.75) is 27.7 Å². The van der Waals surface area contributed by atoms with Crippen molar-refractivity contribution in [1.82, 2.24) is 9.99 Å². The third-order valence-electron chi connectivity index (χ3n) is 5.18. The van der Waals surface area contributed by atoms with Gasteiger partial charge in [-0.05, 0) is 82.3 Å². The van der Waals surface area contributed by atoms with Crippen molar-refractivity contribution in [3.63, 3.8) is 0 Å². The first-order valence-electron chi connectivity index (χ1n) is 10.1. The maximum Gasteiger partial charge on any atom is 0.271 e. The van der Waals surface area contributed by atoms with Crippen LogP contribution in [-0.2, 0) is 0 Å². The maximum absolute atomic E-state index is 12.2. The zero-order valence-electron chi connectivity index (χ0n) is 17.8. The van der Waals surface area contributed by atoms with Gasteiger partial charge in [-0.25, -0.2) is 5.43 Å². The van der Waals surface area contributed by atoms with Crippen LogP contribution in [0.2, 0.25) is 5.02 Å². The number of hydrogen-bond acceptors (Lipinski definition) is 3. The second kappa shape index (κ2) is 9.63. The Labute approximate surface area is 183 Å². The standard InChI is InChI=1S/C24H27ClN4O/c1-5-28(6-2)22-11-13-23(14-12-22)29-17(3)15-20(18(29)4)16-26-27-24(30)19-7-9-21(25)10-8-19/h7-16H,5-6H2,1-4H3,(H,27,30)/b26-16-. The molecule has 3 aromatic rings. The van der Waals surface area contributed by atoms with E-state index in [-0.39, 0.29) is 5.91 Å². The number of aryl methyl sites for hydroxylation is 1. The van der Waals surface area contributed by atoms with E-state index in [2.05, 4.69) is 71.1 Å². The molecule has 0 aliphatic heterocycles. The van der Waals surface area contributed by atoms with Crippen LogP contribution in [0.15, 0.2) is 59.7 Å². The van der Waals surface area contributed by atoms with E-state index in [0.29, 0.717) is 10.6 Å². The minimum atomic E-state index is -0.274. The van der Waals surface area contributed by atoms with Crippen LogP contribution in [0.1, 0.15) is 41.2 Å². The van der Waals surface area contributed by atoms with Gasteiger partial charge in [0.1, 0.15) is 0 Å². The van der Waals surface area contributed by atoms with Crippen LogP contribution in [-0.4, -0.2) is 29.8 Å². The molecule has 6 heteroatoms. The average molecular weight is 423 g/mol. The van der Waals surface area contributed by atoms with E-state index in [4.69, 9.17) is 11.6 Å². The summed E-state index contributed by atoms with van der Waals surface area (Å²) in [6.45, 7) is 10.4. The number of rotatable bonds is 7. The molecule has 0 aliphatic rings. The summed E-state index contributed by atoms with van der Waals surface area (Å²) in [6.07, 6.45) is 1.68. The number of carbonyl (C=O) groups excluding carboxylic acids is 1. The Bertz CT molecular complexity index is 1030. The van der Waals surface area contributed by atoms with Gasteiger partial charge in [0, 0.05) is 52.0 Å². The van der Waals surface area contributed by atoms with E-state index >= 15 is 0 Å². The molecule has 2 aromatic carbocycles. The Morgan fingerprint density at radius 1 is 1.07 bits per heavy atom. The molecule has 1 aromatic heterocycles. The zero-order chi connectivity index (χ0) is 21.7. The lowest BCUT2D eigenvalue weighted by molar-refractivity contribution is 0.0955. The number of carbonyl (C=O) groups is 1. The van der Waals surface area contributed by atoms with Crippen molar-refractivity contribution in [3.8, 4) is 5.69 Å². The van der Waals surface area contributed by atoms with Crippen LogP contribution in [0.5, 0.6) is 0 Å². The average Bonchev–Trinajstić information content (AvgIpc) is 3.03. The summed E-state index contributed by atoms with van der Waals surface area (Å²) in [4.78, 5) is 14.5. The van der Waals surface area contributed by atoms with Crippen LogP contribution >= 0.6 is 11.6 Å². The molecule has 0 fully saturated rings. The predicted molar refractivity (Wildman–Crippen MR) is 125 cm³/mol. The fourth-order valence-corrected chi connectivity index (χ4v) is 3.67. The highest BCUT2D eigenvalue weighted by atomic mass is 35.5. The number of hydrazone groups is 1. The van der Waals surface area contributed by atoms with Gasteiger partial charge in [-0.3, -0.25) is 4.79 Å². The molecule has 1 heterocycles.